The number of allylic oxidation sites excluding steroid dienone is 1. The highest BCUT2D eigenvalue weighted by Crippen LogP contribution is 2.41. The number of primary amides is 1. The lowest BCUT2D eigenvalue weighted by atomic mass is 9.87. The van der Waals surface area contributed by atoms with Crippen LogP contribution in [0.2, 0.25) is 0 Å². The molecule has 0 bridgehead atoms. The summed E-state index contributed by atoms with van der Waals surface area (Å²) in [6, 6.07) is 11.1. The molecule has 2 aromatic carbocycles. The van der Waals surface area contributed by atoms with Crippen molar-refractivity contribution in [2.75, 3.05) is 40.4 Å². The molecule has 2 heterocycles. The molecule has 1 unspecified atom stereocenters. The minimum atomic E-state index is -1.03. The van der Waals surface area contributed by atoms with E-state index in [0.29, 0.717) is 41.5 Å². The fourth-order valence-electron chi connectivity index (χ4n) is 8.25. The number of hydrogen-bond donors (Lipinski definition) is 3. The number of rotatable bonds is 23. The summed E-state index contributed by atoms with van der Waals surface area (Å²) in [6.45, 7) is 6.91. The Morgan fingerprint density at radius 3 is 2.02 bits per heavy atom. The van der Waals surface area contributed by atoms with E-state index in [4.69, 9.17) is 15.2 Å². The summed E-state index contributed by atoms with van der Waals surface area (Å²) in [6.07, 6.45) is 19.8. The highest BCUT2D eigenvalue weighted by atomic mass is 16.5. The minimum Gasteiger partial charge on any atom is -0.496 e. The molecule has 5 amide bonds. The van der Waals surface area contributed by atoms with Crippen molar-refractivity contribution in [2.45, 2.75) is 135 Å². The second kappa shape index (κ2) is 23.6. The molecule has 2 aromatic rings. The number of unbranched alkanes of at least 4 members (excludes halogenated alkanes) is 12. The van der Waals surface area contributed by atoms with E-state index in [2.05, 4.69) is 22.5 Å². The molecule has 1 fully saturated rings. The van der Waals surface area contributed by atoms with Crippen LogP contribution in [0.1, 0.15) is 156 Å². The van der Waals surface area contributed by atoms with Crippen molar-refractivity contribution in [3.05, 3.63) is 76.0 Å². The van der Waals surface area contributed by atoms with Crippen molar-refractivity contribution in [3.63, 3.8) is 0 Å². The van der Waals surface area contributed by atoms with E-state index in [1.165, 1.54) is 76.9 Å². The average Bonchev–Trinajstić information content (AvgIpc) is 3.20. The van der Waals surface area contributed by atoms with Crippen LogP contribution in [-0.2, 0) is 16.0 Å². The Bertz CT molecular complexity index is 1600. The average molecular weight is 774 g/mol. The van der Waals surface area contributed by atoms with Gasteiger partial charge < -0.3 is 30.7 Å². The highest BCUT2D eigenvalue weighted by Gasteiger charge is 2.43. The van der Waals surface area contributed by atoms with E-state index in [9.17, 15) is 19.2 Å². The molecule has 0 aliphatic carbocycles. The molecule has 0 radical (unpaired) electrons. The van der Waals surface area contributed by atoms with Crippen LogP contribution in [0.4, 0.5) is 9.59 Å². The molecular formula is C45H67N5O6. The van der Waals surface area contributed by atoms with Crippen LogP contribution >= 0.6 is 0 Å². The van der Waals surface area contributed by atoms with E-state index in [1.807, 2.05) is 36.4 Å². The molecule has 56 heavy (non-hydrogen) atoms. The number of ether oxygens (including phenoxy) is 2. The van der Waals surface area contributed by atoms with Crippen molar-refractivity contribution in [1.29, 1.82) is 0 Å². The number of likely N-dealkylation sites (tertiary alicyclic amines) is 1. The third kappa shape index (κ3) is 12.8. The molecule has 1 atom stereocenters. The van der Waals surface area contributed by atoms with Gasteiger partial charge in [0.25, 0.3) is 0 Å². The lowest BCUT2D eigenvalue weighted by Crippen LogP contribution is -2.55. The quantitative estimate of drug-likeness (QED) is 0.0756. The summed E-state index contributed by atoms with van der Waals surface area (Å²) in [4.78, 5) is 55.8. The number of piperidine rings is 1. The van der Waals surface area contributed by atoms with E-state index in [0.717, 1.165) is 68.6 Å². The Hall–Kier alpha value is -4.38. The first-order valence-corrected chi connectivity index (χ1v) is 21.1. The van der Waals surface area contributed by atoms with E-state index in [-0.39, 0.29) is 11.5 Å². The Morgan fingerprint density at radius 1 is 0.839 bits per heavy atom. The van der Waals surface area contributed by atoms with Gasteiger partial charge in [-0.15, -0.1) is 0 Å². The molecule has 0 aromatic heterocycles. The Labute approximate surface area is 335 Å². The molecule has 4 N–H and O–H groups in total. The number of imide groups is 1. The molecule has 0 saturated carbocycles. The lowest BCUT2D eigenvalue weighted by molar-refractivity contribution is -0.115. The smallest absolute Gasteiger partial charge is 0.337 e. The van der Waals surface area contributed by atoms with Crippen molar-refractivity contribution in [2.24, 2.45) is 5.73 Å². The Morgan fingerprint density at radius 2 is 1.45 bits per heavy atom. The van der Waals surface area contributed by atoms with Gasteiger partial charge in [0.15, 0.2) is 0 Å². The van der Waals surface area contributed by atoms with Crippen molar-refractivity contribution in [1.82, 2.24) is 20.4 Å². The molecule has 11 nitrogen and oxygen atoms in total. The van der Waals surface area contributed by atoms with Gasteiger partial charge in [-0.3, -0.25) is 4.79 Å². The normalized spacial score (nSPS) is 16.5. The predicted molar refractivity (Wildman–Crippen MR) is 222 cm³/mol. The molecule has 1 saturated heterocycles. The number of amides is 5. The SMILES string of the molecule is CCCCCCCCCCCCCCCc1cccc(OC)c1C1C(C(N)=O)=C(C)NC(=O)N1C(=O)NCCCN1CCC(c2ccc(C(=O)OC)cc2)CC1. The largest absolute Gasteiger partial charge is 0.496 e. The van der Waals surface area contributed by atoms with Crippen molar-refractivity contribution >= 4 is 23.9 Å². The van der Waals surface area contributed by atoms with Crippen LogP contribution in [0, 0.1) is 0 Å². The van der Waals surface area contributed by atoms with Crippen LogP contribution in [0.15, 0.2) is 53.7 Å². The second-order valence-corrected chi connectivity index (χ2v) is 15.4. The summed E-state index contributed by atoms with van der Waals surface area (Å²) < 4.78 is 10.6. The first-order chi connectivity index (χ1) is 27.2. The Kier molecular flexibility index (Phi) is 18.7. The number of hydrogen-bond acceptors (Lipinski definition) is 7. The standard InChI is InChI=1S/C45H67N5O6/c1-5-6-7-8-9-10-11-12-13-14-15-16-17-20-36-21-18-22-38(55-3)40(36)41-39(42(46)51)33(2)48-45(54)50(41)44(53)47-29-19-30-49-31-27-35(28-32-49)34-23-25-37(26-24-34)43(52)56-4/h18,21-26,35,41H,5-17,19-20,27-32H2,1-4H3,(H2,46,51)(H,47,53)(H,48,54). The number of aryl methyl sites for hydroxylation is 1. The lowest BCUT2D eigenvalue weighted by Gasteiger charge is -2.37. The van der Waals surface area contributed by atoms with Crippen molar-refractivity contribution < 1.29 is 28.7 Å². The van der Waals surface area contributed by atoms with Gasteiger partial charge in [-0.05, 0) is 93.9 Å². The summed E-state index contributed by atoms with van der Waals surface area (Å²) in [7, 11) is 2.95. The molecule has 11 heteroatoms. The third-order valence-corrected chi connectivity index (χ3v) is 11.5. The van der Waals surface area contributed by atoms with Crippen LogP contribution in [0.25, 0.3) is 0 Å². The number of esters is 1. The molecule has 308 valence electrons. The van der Waals surface area contributed by atoms with E-state index >= 15 is 0 Å². The van der Waals surface area contributed by atoms with Gasteiger partial charge in [0, 0.05) is 17.8 Å². The fourth-order valence-corrected chi connectivity index (χ4v) is 8.25. The van der Waals surface area contributed by atoms with Gasteiger partial charge >= 0.3 is 18.0 Å². The number of nitrogens with one attached hydrogen (secondary N) is 2. The minimum absolute atomic E-state index is 0.165. The second-order valence-electron chi connectivity index (χ2n) is 15.4. The summed E-state index contributed by atoms with van der Waals surface area (Å²) in [5, 5.41) is 5.65. The Balaban J connectivity index is 1.31. The number of nitrogens with two attached hydrogens (primary N) is 1. The maximum Gasteiger partial charge on any atom is 0.337 e. The maximum absolute atomic E-state index is 13.9. The molecule has 2 aliphatic heterocycles. The summed E-state index contributed by atoms with van der Waals surface area (Å²) >= 11 is 0. The van der Waals surface area contributed by atoms with Crippen LogP contribution in [0.3, 0.4) is 0 Å². The molecule has 4 rings (SSSR count). The summed E-state index contributed by atoms with van der Waals surface area (Å²) in [5.74, 6) is -0.109. The zero-order valence-electron chi connectivity index (χ0n) is 34.5. The number of nitrogens with zero attached hydrogens (tertiary/aromatic N) is 2. The number of benzene rings is 2. The van der Waals surface area contributed by atoms with Gasteiger partial charge in [0.05, 0.1) is 25.4 Å². The van der Waals surface area contributed by atoms with Gasteiger partial charge in [-0.2, -0.15) is 0 Å². The fraction of sp³-hybridized carbons (Fsp3) is 0.600. The highest BCUT2D eigenvalue weighted by molar-refractivity contribution is 6.03. The number of methoxy groups -OCH3 is 2. The topological polar surface area (TPSA) is 143 Å². The van der Waals surface area contributed by atoms with Gasteiger partial charge in [-0.25, -0.2) is 19.3 Å². The maximum atomic E-state index is 13.9. The monoisotopic (exact) mass is 774 g/mol. The van der Waals surface area contributed by atoms with Crippen molar-refractivity contribution in [3.8, 4) is 5.75 Å². The third-order valence-electron chi connectivity index (χ3n) is 11.5. The molecule has 2 aliphatic rings. The van der Waals surface area contributed by atoms with E-state index < -0.39 is 24.0 Å². The van der Waals surface area contributed by atoms with Crippen LogP contribution in [-0.4, -0.2) is 74.1 Å². The predicted octanol–water partition coefficient (Wildman–Crippen LogP) is 8.92. The van der Waals surface area contributed by atoms with Gasteiger partial charge in [-0.1, -0.05) is 108 Å². The first kappa shape index (κ1) is 44.3. The van der Waals surface area contributed by atoms with Crippen LogP contribution < -0.4 is 21.1 Å². The van der Waals surface area contributed by atoms with Gasteiger partial charge in [0.1, 0.15) is 11.8 Å². The number of urea groups is 2. The first-order valence-electron chi connectivity index (χ1n) is 21.1. The van der Waals surface area contributed by atoms with E-state index in [1.54, 1.807) is 20.1 Å². The van der Waals surface area contributed by atoms with Gasteiger partial charge in [0.2, 0.25) is 5.91 Å². The van der Waals surface area contributed by atoms with Crippen LogP contribution in [0.5, 0.6) is 5.75 Å². The number of carbonyl (C=O) groups excluding carboxylic acids is 4. The zero-order valence-corrected chi connectivity index (χ0v) is 34.5. The summed E-state index contributed by atoms with van der Waals surface area (Å²) in [5.41, 5.74) is 9.78. The molecule has 0 spiro atoms. The molecular weight excluding hydrogens is 707 g/mol. The zero-order chi connectivity index (χ0) is 40.3. The number of carbonyl (C=O) groups is 4.